The van der Waals surface area contributed by atoms with E-state index in [1.54, 1.807) is 54.6 Å². The molecule has 4 rings (SSSR count). The normalized spacial score (nSPS) is 11.1. The first-order valence-corrected chi connectivity index (χ1v) is 10.5. The fourth-order valence-electron chi connectivity index (χ4n) is 3.21. The summed E-state index contributed by atoms with van der Waals surface area (Å²) in [6.45, 7) is 0. The molecule has 0 bridgehead atoms. The van der Waals surface area contributed by atoms with E-state index < -0.39 is 9.85 Å². The van der Waals surface area contributed by atoms with Gasteiger partial charge in [0.1, 0.15) is 0 Å². The highest BCUT2D eigenvalue weighted by molar-refractivity contribution is 5.74. The molecule has 1 heterocycles. The Kier molecular flexibility index (Phi) is 6.98. The van der Waals surface area contributed by atoms with Crippen LogP contribution in [0, 0.1) is 20.2 Å². The van der Waals surface area contributed by atoms with Crippen molar-refractivity contribution in [3.63, 3.8) is 0 Å². The van der Waals surface area contributed by atoms with Crippen molar-refractivity contribution in [3.8, 4) is 0 Å². The Morgan fingerprint density at radius 1 is 0.629 bits per heavy atom. The van der Waals surface area contributed by atoms with Gasteiger partial charge in [-0.3, -0.25) is 20.2 Å². The van der Waals surface area contributed by atoms with Crippen LogP contribution in [-0.2, 0) is 0 Å². The number of non-ortho nitro benzene ring substituents is 2. The van der Waals surface area contributed by atoms with Gasteiger partial charge in [0.15, 0.2) is 0 Å². The van der Waals surface area contributed by atoms with E-state index in [0.29, 0.717) is 28.5 Å². The second kappa shape index (κ2) is 10.6. The molecule has 0 aliphatic carbocycles. The van der Waals surface area contributed by atoms with Gasteiger partial charge in [0.05, 0.1) is 21.2 Å². The van der Waals surface area contributed by atoms with Crippen LogP contribution in [0.15, 0.2) is 84.9 Å². The van der Waals surface area contributed by atoms with Crippen LogP contribution in [0.2, 0.25) is 0 Å². The number of aromatic nitrogens is 2. The summed E-state index contributed by atoms with van der Waals surface area (Å²) in [6.07, 6.45) is 6.94. The molecular weight excluding hydrogens is 446 g/mol. The van der Waals surface area contributed by atoms with E-state index in [2.05, 4.69) is 15.3 Å². The second-order valence-electron chi connectivity index (χ2n) is 7.40. The van der Waals surface area contributed by atoms with Gasteiger partial charge in [-0.1, -0.05) is 54.6 Å². The number of benzene rings is 3. The Bertz CT molecular complexity index is 1350. The van der Waals surface area contributed by atoms with E-state index in [-0.39, 0.29) is 11.4 Å². The Morgan fingerprint density at radius 3 is 1.63 bits per heavy atom. The van der Waals surface area contributed by atoms with Crippen LogP contribution in [-0.4, -0.2) is 19.8 Å². The third kappa shape index (κ3) is 6.42. The number of rotatable bonds is 8. The highest BCUT2D eigenvalue weighted by atomic mass is 16.6. The zero-order valence-electron chi connectivity index (χ0n) is 18.3. The minimum absolute atomic E-state index is 0.00171. The third-order valence-corrected chi connectivity index (χ3v) is 4.85. The average Bonchev–Trinajstić information content (AvgIpc) is 2.87. The number of nitrogens with one attached hydrogen (secondary N) is 1. The minimum Gasteiger partial charge on any atom is -0.324 e. The summed E-state index contributed by atoms with van der Waals surface area (Å²) in [5.41, 5.74) is 3.27. The lowest BCUT2D eigenvalue weighted by molar-refractivity contribution is -0.385. The van der Waals surface area contributed by atoms with E-state index in [0.717, 1.165) is 5.69 Å². The van der Waals surface area contributed by atoms with Crippen molar-refractivity contribution in [1.29, 1.82) is 0 Å². The molecule has 3 aromatic carbocycles. The van der Waals surface area contributed by atoms with Gasteiger partial charge < -0.3 is 5.32 Å². The summed E-state index contributed by atoms with van der Waals surface area (Å²) >= 11 is 0. The number of hydrogen-bond donors (Lipinski definition) is 1. The standard InChI is InChI=1S/C26H19N5O4/c32-30(33)24-10-4-6-19(16-24)12-14-22-18-23(15-13-20-7-5-11-25(17-20)31(34)35)29-26(28-22)27-21-8-2-1-3-9-21/h1-18H,(H,27,28,29)/b14-12+,15-13+. The first-order chi connectivity index (χ1) is 17.0. The SMILES string of the molecule is O=[N+]([O-])c1cccc(/C=C/c2cc(/C=C/c3cccc([N+](=O)[O-])c3)nc(Nc3ccccc3)n2)c1. The maximum absolute atomic E-state index is 11.0. The Hall–Kier alpha value is -5.18. The van der Waals surface area contributed by atoms with Crippen molar-refractivity contribution in [2.75, 3.05) is 5.32 Å². The number of anilines is 2. The lowest BCUT2D eigenvalue weighted by Gasteiger charge is -2.07. The van der Waals surface area contributed by atoms with Gasteiger partial charge in [0, 0.05) is 30.0 Å². The molecule has 0 spiro atoms. The molecule has 0 aliphatic heterocycles. The van der Waals surface area contributed by atoms with Crippen molar-refractivity contribution in [2.45, 2.75) is 0 Å². The van der Waals surface area contributed by atoms with Crippen LogP contribution in [0.4, 0.5) is 23.0 Å². The van der Waals surface area contributed by atoms with Crippen LogP contribution < -0.4 is 5.32 Å². The zero-order valence-corrected chi connectivity index (χ0v) is 18.3. The number of hydrogen-bond acceptors (Lipinski definition) is 7. The summed E-state index contributed by atoms with van der Waals surface area (Å²) in [5, 5.41) is 25.3. The number of para-hydroxylation sites is 1. The molecule has 172 valence electrons. The molecule has 0 saturated heterocycles. The number of nitrogens with zero attached hydrogens (tertiary/aromatic N) is 4. The Balaban J connectivity index is 1.66. The maximum Gasteiger partial charge on any atom is 0.270 e. The van der Waals surface area contributed by atoms with Crippen molar-refractivity contribution >= 4 is 47.3 Å². The van der Waals surface area contributed by atoms with Crippen LogP contribution >= 0.6 is 0 Å². The van der Waals surface area contributed by atoms with Crippen LogP contribution in [0.3, 0.4) is 0 Å². The van der Waals surface area contributed by atoms with Gasteiger partial charge in [-0.25, -0.2) is 9.97 Å². The minimum atomic E-state index is -0.444. The lowest BCUT2D eigenvalue weighted by atomic mass is 10.1. The lowest BCUT2D eigenvalue weighted by Crippen LogP contribution is -2.00. The fourth-order valence-corrected chi connectivity index (χ4v) is 3.21. The molecule has 0 radical (unpaired) electrons. The molecule has 4 aromatic rings. The summed E-state index contributed by atoms with van der Waals surface area (Å²) < 4.78 is 0. The molecule has 0 fully saturated rings. The molecule has 35 heavy (non-hydrogen) atoms. The molecule has 0 saturated carbocycles. The molecular formula is C26H19N5O4. The summed E-state index contributed by atoms with van der Waals surface area (Å²) in [7, 11) is 0. The molecule has 0 atom stereocenters. The Labute approximate surface area is 200 Å². The van der Waals surface area contributed by atoms with Gasteiger partial charge in [-0.05, 0) is 41.5 Å². The first kappa shape index (κ1) is 23.0. The average molecular weight is 465 g/mol. The fraction of sp³-hybridized carbons (Fsp3) is 0. The van der Waals surface area contributed by atoms with E-state index in [1.165, 1.54) is 24.3 Å². The van der Waals surface area contributed by atoms with E-state index >= 15 is 0 Å². The molecule has 9 nitrogen and oxygen atoms in total. The largest absolute Gasteiger partial charge is 0.324 e. The Morgan fingerprint density at radius 2 is 1.14 bits per heavy atom. The predicted octanol–water partition coefficient (Wildman–Crippen LogP) is 6.38. The highest BCUT2D eigenvalue weighted by Crippen LogP contribution is 2.19. The molecule has 0 amide bonds. The molecule has 0 unspecified atom stereocenters. The summed E-state index contributed by atoms with van der Waals surface area (Å²) in [4.78, 5) is 30.3. The van der Waals surface area contributed by atoms with E-state index in [4.69, 9.17) is 0 Å². The zero-order chi connectivity index (χ0) is 24.6. The molecule has 1 N–H and O–H groups in total. The molecule has 0 aliphatic rings. The molecule has 9 heteroatoms. The van der Waals surface area contributed by atoms with Crippen molar-refractivity contribution in [1.82, 2.24) is 9.97 Å². The maximum atomic E-state index is 11.0. The smallest absolute Gasteiger partial charge is 0.270 e. The third-order valence-electron chi connectivity index (χ3n) is 4.85. The van der Waals surface area contributed by atoms with Crippen molar-refractivity contribution < 1.29 is 9.85 Å². The number of nitro benzene ring substituents is 2. The van der Waals surface area contributed by atoms with Crippen molar-refractivity contribution in [2.24, 2.45) is 0 Å². The summed E-state index contributed by atoms with van der Waals surface area (Å²) in [5.74, 6) is 0.357. The molecule has 1 aromatic heterocycles. The van der Waals surface area contributed by atoms with Crippen LogP contribution in [0.1, 0.15) is 22.5 Å². The van der Waals surface area contributed by atoms with Gasteiger partial charge >= 0.3 is 0 Å². The van der Waals surface area contributed by atoms with E-state index in [9.17, 15) is 20.2 Å². The second-order valence-corrected chi connectivity index (χ2v) is 7.40. The quantitative estimate of drug-likeness (QED) is 0.236. The van der Waals surface area contributed by atoms with Crippen LogP contribution in [0.25, 0.3) is 24.3 Å². The highest BCUT2D eigenvalue weighted by Gasteiger charge is 2.06. The van der Waals surface area contributed by atoms with Gasteiger partial charge in [-0.2, -0.15) is 0 Å². The predicted molar refractivity (Wildman–Crippen MR) is 136 cm³/mol. The monoisotopic (exact) mass is 465 g/mol. The first-order valence-electron chi connectivity index (χ1n) is 10.5. The van der Waals surface area contributed by atoms with Crippen LogP contribution in [0.5, 0.6) is 0 Å². The number of nitro groups is 2. The summed E-state index contributed by atoms with van der Waals surface area (Å²) in [6, 6.07) is 23.8. The van der Waals surface area contributed by atoms with Gasteiger partial charge in [0.2, 0.25) is 5.95 Å². The topological polar surface area (TPSA) is 124 Å². The van der Waals surface area contributed by atoms with Crippen molar-refractivity contribution in [3.05, 3.63) is 128 Å². The van der Waals surface area contributed by atoms with E-state index in [1.807, 2.05) is 30.3 Å². The van der Waals surface area contributed by atoms with Gasteiger partial charge in [0.25, 0.3) is 11.4 Å². The van der Waals surface area contributed by atoms with Gasteiger partial charge in [-0.15, -0.1) is 0 Å².